The molecule has 4 heteroatoms. The van der Waals surface area contributed by atoms with Gasteiger partial charge in [-0.15, -0.1) is 0 Å². The first kappa shape index (κ1) is 14.1. The lowest BCUT2D eigenvalue weighted by molar-refractivity contribution is 0.843. The average molecular weight is 269 g/mol. The summed E-state index contributed by atoms with van der Waals surface area (Å²) in [5.74, 6) is 0.341. The number of hydrogen-bond acceptors (Lipinski definition) is 3. The molecule has 0 bridgehead atoms. The van der Waals surface area contributed by atoms with Gasteiger partial charge in [0.25, 0.3) is 5.56 Å². The Kier molecular flexibility index (Phi) is 3.74. The van der Waals surface area contributed by atoms with Crippen LogP contribution in [0.15, 0.2) is 34.2 Å². The van der Waals surface area contributed by atoms with Gasteiger partial charge in [-0.3, -0.25) is 4.79 Å². The molecule has 1 aromatic heterocycles. The Balaban J connectivity index is 2.48. The normalized spacial score (nSPS) is 11.2. The minimum atomic E-state index is -0.221. The zero-order valence-corrected chi connectivity index (χ0v) is 12.3. The van der Waals surface area contributed by atoms with Gasteiger partial charge in [0.2, 0.25) is 0 Å². The smallest absolute Gasteiger partial charge is 0.273 e. The van der Waals surface area contributed by atoms with Crippen LogP contribution in [0.3, 0.4) is 0 Å². The van der Waals surface area contributed by atoms with E-state index in [2.05, 4.69) is 24.2 Å². The van der Waals surface area contributed by atoms with Crippen molar-refractivity contribution in [1.29, 1.82) is 0 Å². The molecule has 0 aliphatic heterocycles. The summed E-state index contributed by atoms with van der Waals surface area (Å²) in [4.78, 5) is 11.9. The van der Waals surface area contributed by atoms with E-state index in [1.807, 2.05) is 20.8 Å². The fraction of sp³-hybridized carbons (Fsp3) is 0.250. The quantitative estimate of drug-likeness (QED) is 0.852. The third-order valence-electron chi connectivity index (χ3n) is 3.22. The molecule has 0 atom stereocenters. The van der Waals surface area contributed by atoms with Crippen LogP contribution in [0.2, 0.25) is 0 Å². The topological polar surface area (TPSA) is 60.4 Å². The Morgan fingerprint density at radius 1 is 1.00 bits per heavy atom. The van der Waals surface area contributed by atoms with Gasteiger partial charge in [-0.2, -0.15) is 9.78 Å². The van der Waals surface area contributed by atoms with Crippen LogP contribution in [0, 0.1) is 27.7 Å². The molecule has 2 aromatic rings. The van der Waals surface area contributed by atoms with Crippen LogP contribution in [0.4, 0.5) is 5.82 Å². The van der Waals surface area contributed by atoms with Gasteiger partial charge in [0, 0.05) is 11.6 Å². The number of nitrogens with zero attached hydrogens (tertiary/aromatic N) is 2. The second-order valence-electron chi connectivity index (χ2n) is 5.16. The molecule has 1 heterocycles. The van der Waals surface area contributed by atoms with Gasteiger partial charge in [0.1, 0.15) is 5.82 Å². The number of nitrogen functional groups attached to an aromatic ring is 1. The molecule has 4 nitrogen and oxygen atoms in total. The third-order valence-corrected chi connectivity index (χ3v) is 3.22. The number of pyridine rings is 1. The second kappa shape index (κ2) is 5.33. The fourth-order valence-electron chi connectivity index (χ4n) is 2.35. The Bertz CT molecular complexity index is 719. The lowest BCUT2D eigenvalue weighted by atomic mass is 10.0. The van der Waals surface area contributed by atoms with Crippen molar-refractivity contribution in [2.45, 2.75) is 27.7 Å². The van der Waals surface area contributed by atoms with Gasteiger partial charge in [0.05, 0.1) is 6.21 Å². The van der Waals surface area contributed by atoms with Crippen LogP contribution < -0.4 is 11.3 Å². The number of benzene rings is 1. The fourth-order valence-corrected chi connectivity index (χ4v) is 2.35. The highest BCUT2D eigenvalue weighted by Gasteiger charge is 2.03. The monoisotopic (exact) mass is 269 g/mol. The molecule has 0 fully saturated rings. The van der Waals surface area contributed by atoms with E-state index in [4.69, 9.17) is 5.73 Å². The van der Waals surface area contributed by atoms with Crippen LogP contribution in [0.1, 0.15) is 27.8 Å². The van der Waals surface area contributed by atoms with Crippen LogP contribution >= 0.6 is 0 Å². The SMILES string of the molecule is Cc1cc(C)c(/C=N\n2c(N)cc(C)cc2=O)c(C)c1. The van der Waals surface area contributed by atoms with Crippen molar-refractivity contribution in [3.05, 3.63) is 62.4 Å². The summed E-state index contributed by atoms with van der Waals surface area (Å²) in [6.07, 6.45) is 1.69. The molecular weight excluding hydrogens is 250 g/mol. The standard InChI is InChI=1S/C16H19N3O/c1-10-5-12(3)14(13(4)6-10)9-18-19-15(17)7-11(2)8-16(19)20/h5-9H,17H2,1-4H3/b18-9-. The van der Waals surface area contributed by atoms with E-state index in [0.717, 1.165) is 22.3 Å². The van der Waals surface area contributed by atoms with Crippen molar-refractivity contribution in [2.75, 3.05) is 5.73 Å². The molecule has 0 spiro atoms. The summed E-state index contributed by atoms with van der Waals surface area (Å²) in [6, 6.07) is 7.43. The van der Waals surface area contributed by atoms with Crippen molar-refractivity contribution in [2.24, 2.45) is 5.10 Å². The summed E-state index contributed by atoms with van der Waals surface area (Å²) in [5.41, 5.74) is 10.9. The number of rotatable bonds is 2. The van der Waals surface area contributed by atoms with E-state index in [1.165, 1.54) is 16.3 Å². The lowest BCUT2D eigenvalue weighted by Gasteiger charge is -2.08. The van der Waals surface area contributed by atoms with Gasteiger partial charge in [-0.25, -0.2) is 0 Å². The van der Waals surface area contributed by atoms with Crippen molar-refractivity contribution in [3.8, 4) is 0 Å². The first-order valence-electron chi connectivity index (χ1n) is 6.50. The zero-order chi connectivity index (χ0) is 14.9. The molecule has 104 valence electrons. The van der Waals surface area contributed by atoms with E-state index in [1.54, 1.807) is 12.3 Å². The third kappa shape index (κ3) is 2.79. The van der Waals surface area contributed by atoms with Crippen molar-refractivity contribution < 1.29 is 0 Å². The molecule has 0 amide bonds. The van der Waals surface area contributed by atoms with Crippen LogP contribution in [-0.2, 0) is 0 Å². The van der Waals surface area contributed by atoms with Crippen LogP contribution in [-0.4, -0.2) is 10.9 Å². The maximum Gasteiger partial charge on any atom is 0.273 e. The van der Waals surface area contributed by atoms with Crippen LogP contribution in [0.25, 0.3) is 0 Å². The maximum atomic E-state index is 11.9. The van der Waals surface area contributed by atoms with Gasteiger partial charge >= 0.3 is 0 Å². The molecule has 0 radical (unpaired) electrons. The van der Waals surface area contributed by atoms with Crippen molar-refractivity contribution >= 4 is 12.0 Å². The highest BCUT2D eigenvalue weighted by molar-refractivity contribution is 5.83. The Morgan fingerprint density at radius 3 is 2.10 bits per heavy atom. The predicted molar refractivity (Wildman–Crippen MR) is 83.5 cm³/mol. The number of anilines is 1. The minimum Gasteiger partial charge on any atom is -0.384 e. The zero-order valence-electron chi connectivity index (χ0n) is 12.3. The Labute approximate surface area is 118 Å². The Hall–Kier alpha value is -2.36. The summed E-state index contributed by atoms with van der Waals surface area (Å²) in [5, 5.41) is 4.22. The highest BCUT2D eigenvalue weighted by atomic mass is 16.1. The van der Waals surface area contributed by atoms with E-state index in [-0.39, 0.29) is 5.56 Å². The summed E-state index contributed by atoms with van der Waals surface area (Å²) in [7, 11) is 0. The largest absolute Gasteiger partial charge is 0.384 e. The van der Waals surface area contributed by atoms with E-state index in [9.17, 15) is 4.79 Å². The second-order valence-corrected chi connectivity index (χ2v) is 5.16. The molecule has 20 heavy (non-hydrogen) atoms. The summed E-state index contributed by atoms with van der Waals surface area (Å²) >= 11 is 0. The summed E-state index contributed by atoms with van der Waals surface area (Å²) in [6.45, 7) is 7.95. The molecule has 2 N–H and O–H groups in total. The van der Waals surface area contributed by atoms with Gasteiger partial charge in [0.15, 0.2) is 0 Å². The van der Waals surface area contributed by atoms with Crippen molar-refractivity contribution in [3.63, 3.8) is 0 Å². The number of aryl methyl sites for hydroxylation is 4. The summed E-state index contributed by atoms with van der Waals surface area (Å²) < 4.78 is 1.21. The number of hydrogen-bond donors (Lipinski definition) is 1. The molecule has 0 saturated carbocycles. The average Bonchev–Trinajstić information content (AvgIpc) is 2.30. The lowest BCUT2D eigenvalue weighted by Crippen LogP contribution is -2.19. The van der Waals surface area contributed by atoms with Gasteiger partial charge in [-0.1, -0.05) is 17.7 Å². The number of nitrogens with two attached hydrogens (primary N) is 1. The molecule has 0 aliphatic carbocycles. The van der Waals surface area contributed by atoms with E-state index < -0.39 is 0 Å². The van der Waals surface area contributed by atoms with Crippen LogP contribution in [0.5, 0.6) is 0 Å². The Morgan fingerprint density at radius 2 is 1.55 bits per heavy atom. The predicted octanol–water partition coefficient (Wildman–Crippen LogP) is 2.55. The molecule has 0 saturated heterocycles. The van der Waals surface area contributed by atoms with E-state index in [0.29, 0.717) is 5.82 Å². The first-order chi connectivity index (χ1) is 9.38. The van der Waals surface area contributed by atoms with Crippen molar-refractivity contribution in [1.82, 2.24) is 4.68 Å². The van der Waals surface area contributed by atoms with Gasteiger partial charge in [-0.05, 0) is 50.5 Å². The highest BCUT2D eigenvalue weighted by Crippen LogP contribution is 2.14. The molecular formula is C16H19N3O. The molecule has 2 rings (SSSR count). The maximum absolute atomic E-state index is 11.9. The number of aromatic nitrogens is 1. The molecule has 0 unspecified atom stereocenters. The minimum absolute atomic E-state index is 0.221. The van der Waals surface area contributed by atoms with Gasteiger partial charge < -0.3 is 5.73 Å². The van der Waals surface area contributed by atoms with E-state index >= 15 is 0 Å². The molecule has 1 aromatic carbocycles. The first-order valence-corrected chi connectivity index (χ1v) is 6.50. The molecule has 0 aliphatic rings.